The average molecular weight is 344 g/mol. The van der Waals surface area contributed by atoms with Gasteiger partial charge in [-0.1, -0.05) is 22.9 Å². The summed E-state index contributed by atoms with van der Waals surface area (Å²) in [7, 11) is 0. The second-order valence-corrected chi connectivity index (χ2v) is 5.11. The summed E-state index contributed by atoms with van der Waals surface area (Å²) in [5, 5.41) is 10.8. The van der Waals surface area contributed by atoms with Gasteiger partial charge in [0.2, 0.25) is 0 Å². The van der Waals surface area contributed by atoms with E-state index < -0.39 is 0 Å². The number of carbonyl (C=O) groups excluding carboxylic acids is 1. The number of halogens is 2. The Balaban J connectivity index is 1.83. The van der Waals surface area contributed by atoms with Gasteiger partial charge in [0, 0.05) is 23.8 Å². The lowest BCUT2D eigenvalue weighted by Gasteiger charge is -2.07. The van der Waals surface area contributed by atoms with Crippen LogP contribution in [0.15, 0.2) is 35.1 Å². The van der Waals surface area contributed by atoms with Gasteiger partial charge in [-0.05, 0) is 34.5 Å². The monoisotopic (exact) mass is 342 g/mol. The highest BCUT2D eigenvalue weighted by atomic mass is 79.9. The Bertz CT molecular complexity index is 559. The number of nitrogens with one attached hydrogen (secondary N) is 1. The molecule has 0 radical (unpaired) electrons. The summed E-state index contributed by atoms with van der Waals surface area (Å²) in [5.74, 6) is -0.176. The molecular weight excluding hydrogens is 332 g/mol. The van der Waals surface area contributed by atoms with E-state index in [2.05, 4.69) is 31.6 Å². The molecule has 1 amide bonds. The summed E-state index contributed by atoms with van der Waals surface area (Å²) < 4.78 is 2.43. The van der Waals surface area contributed by atoms with Gasteiger partial charge in [0.25, 0.3) is 5.91 Å². The van der Waals surface area contributed by atoms with Gasteiger partial charge < -0.3 is 5.32 Å². The summed E-state index contributed by atoms with van der Waals surface area (Å²) in [6.07, 6.45) is 4.19. The van der Waals surface area contributed by atoms with Crippen molar-refractivity contribution < 1.29 is 4.79 Å². The van der Waals surface area contributed by atoms with Crippen molar-refractivity contribution in [1.82, 2.24) is 20.3 Å². The molecule has 100 valence electrons. The highest BCUT2D eigenvalue weighted by molar-refractivity contribution is 9.10. The standard InChI is InChI=1S/C12H12BrClN4O/c13-10-4-1-3-9(11(10)14)12(19)15-5-2-7-18-8-6-16-17-18/h1,3-4,6,8H,2,5,7H2,(H,15,19). The predicted molar refractivity (Wildman–Crippen MR) is 76.1 cm³/mol. The molecule has 5 nitrogen and oxygen atoms in total. The van der Waals surface area contributed by atoms with E-state index in [1.807, 2.05) is 0 Å². The molecule has 0 aliphatic rings. The van der Waals surface area contributed by atoms with Gasteiger partial charge >= 0.3 is 0 Å². The van der Waals surface area contributed by atoms with E-state index in [1.54, 1.807) is 35.3 Å². The first-order chi connectivity index (χ1) is 9.18. The smallest absolute Gasteiger partial charge is 0.252 e. The van der Waals surface area contributed by atoms with Gasteiger partial charge in [0.15, 0.2) is 0 Å². The molecule has 2 rings (SSSR count). The largest absolute Gasteiger partial charge is 0.352 e. The lowest BCUT2D eigenvalue weighted by Crippen LogP contribution is -2.25. The van der Waals surface area contributed by atoms with Crippen LogP contribution in [0.3, 0.4) is 0 Å². The Morgan fingerprint density at radius 3 is 3.05 bits per heavy atom. The van der Waals surface area contributed by atoms with E-state index in [9.17, 15) is 4.79 Å². The van der Waals surface area contributed by atoms with Crippen molar-refractivity contribution in [3.63, 3.8) is 0 Å². The molecule has 0 unspecified atom stereocenters. The second-order valence-electron chi connectivity index (χ2n) is 3.88. The summed E-state index contributed by atoms with van der Waals surface area (Å²) in [5.41, 5.74) is 0.469. The zero-order valence-electron chi connectivity index (χ0n) is 10.0. The van der Waals surface area contributed by atoms with Gasteiger partial charge in [0.05, 0.1) is 16.8 Å². The first-order valence-electron chi connectivity index (χ1n) is 5.75. The Labute approximate surface area is 124 Å². The van der Waals surface area contributed by atoms with Gasteiger partial charge in [-0.2, -0.15) is 0 Å². The van der Waals surface area contributed by atoms with Gasteiger partial charge in [-0.3, -0.25) is 9.48 Å². The molecule has 0 spiro atoms. The van der Waals surface area contributed by atoms with E-state index in [0.29, 0.717) is 28.1 Å². The normalized spacial score (nSPS) is 10.4. The maximum atomic E-state index is 11.9. The fourth-order valence-corrected chi connectivity index (χ4v) is 2.15. The summed E-state index contributed by atoms with van der Waals surface area (Å²) >= 11 is 9.34. The van der Waals surface area contributed by atoms with Crippen molar-refractivity contribution in [3.8, 4) is 0 Å². The minimum atomic E-state index is -0.176. The SMILES string of the molecule is O=C(NCCCn1ccnn1)c1cccc(Br)c1Cl. The lowest BCUT2D eigenvalue weighted by atomic mass is 10.2. The summed E-state index contributed by atoms with van der Waals surface area (Å²) in [4.78, 5) is 11.9. The zero-order valence-corrected chi connectivity index (χ0v) is 12.4. The van der Waals surface area contributed by atoms with Crippen molar-refractivity contribution in [2.45, 2.75) is 13.0 Å². The van der Waals surface area contributed by atoms with E-state index in [4.69, 9.17) is 11.6 Å². The number of amides is 1. The van der Waals surface area contributed by atoms with E-state index in [1.165, 1.54) is 0 Å². The number of aryl methyl sites for hydroxylation is 1. The van der Waals surface area contributed by atoms with Crippen LogP contribution in [0, 0.1) is 0 Å². The molecule has 0 saturated carbocycles. The Hall–Kier alpha value is -1.40. The Morgan fingerprint density at radius 1 is 1.47 bits per heavy atom. The third-order valence-corrected chi connectivity index (χ3v) is 3.81. The predicted octanol–water partition coefficient (Wildman–Crippen LogP) is 2.51. The van der Waals surface area contributed by atoms with Crippen LogP contribution in [0.4, 0.5) is 0 Å². The van der Waals surface area contributed by atoms with Crippen LogP contribution >= 0.6 is 27.5 Å². The highest BCUT2D eigenvalue weighted by Gasteiger charge is 2.11. The molecule has 0 aliphatic heterocycles. The van der Waals surface area contributed by atoms with Crippen LogP contribution in [0.25, 0.3) is 0 Å². The van der Waals surface area contributed by atoms with Crippen LogP contribution < -0.4 is 5.32 Å². The summed E-state index contributed by atoms with van der Waals surface area (Å²) in [6.45, 7) is 1.27. The molecule has 1 heterocycles. The first-order valence-corrected chi connectivity index (χ1v) is 6.92. The maximum Gasteiger partial charge on any atom is 0.252 e. The van der Waals surface area contributed by atoms with Gasteiger partial charge in [-0.15, -0.1) is 5.10 Å². The molecular formula is C12H12BrClN4O. The van der Waals surface area contributed by atoms with Crippen molar-refractivity contribution in [3.05, 3.63) is 45.7 Å². The maximum absolute atomic E-state index is 11.9. The number of hydrogen-bond donors (Lipinski definition) is 1. The second kappa shape index (κ2) is 6.68. The van der Waals surface area contributed by atoms with Crippen molar-refractivity contribution >= 4 is 33.4 Å². The topological polar surface area (TPSA) is 59.8 Å². The number of nitrogens with zero attached hydrogens (tertiary/aromatic N) is 3. The van der Waals surface area contributed by atoms with Gasteiger partial charge in [0.1, 0.15) is 0 Å². The third kappa shape index (κ3) is 3.78. The van der Waals surface area contributed by atoms with Crippen LogP contribution in [-0.2, 0) is 6.54 Å². The Kier molecular flexibility index (Phi) is 4.93. The first kappa shape index (κ1) is 14.0. The number of carbonyl (C=O) groups is 1. The van der Waals surface area contributed by atoms with Crippen LogP contribution in [0.1, 0.15) is 16.8 Å². The molecule has 0 bridgehead atoms. The molecule has 0 fully saturated rings. The molecule has 1 aromatic heterocycles. The average Bonchev–Trinajstić information content (AvgIpc) is 2.91. The molecule has 0 aliphatic carbocycles. The van der Waals surface area contributed by atoms with E-state index in [-0.39, 0.29) is 5.91 Å². The fraction of sp³-hybridized carbons (Fsp3) is 0.250. The van der Waals surface area contributed by atoms with Crippen molar-refractivity contribution in [1.29, 1.82) is 0 Å². The molecule has 19 heavy (non-hydrogen) atoms. The molecule has 0 atom stereocenters. The zero-order chi connectivity index (χ0) is 13.7. The molecule has 7 heteroatoms. The van der Waals surface area contributed by atoms with Crippen LogP contribution in [-0.4, -0.2) is 27.4 Å². The third-order valence-electron chi connectivity index (χ3n) is 2.52. The number of hydrogen-bond acceptors (Lipinski definition) is 3. The van der Waals surface area contributed by atoms with Gasteiger partial charge in [-0.25, -0.2) is 0 Å². The molecule has 1 aromatic carbocycles. The molecule has 1 N–H and O–H groups in total. The number of benzene rings is 1. The van der Waals surface area contributed by atoms with E-state index in [0.717, 1.165) is 6.42 Å². The number of rotatable bonds is 5. The minimum Gasteiger partial charge on any atom is -0.352 e. The fourth-order valence-electron chi connectivity index (χ4n) is 1.57. The Morgan fingerprint density at radius 2 is 2.32 bits per heavy atom. The van der Waals surface area contributed by atoms with E-state index >= 15 is 0 Å². The quantitative estimate of drug-likeness (QED) is 0.849. The highest BCUT2D eigenvalue weighted by Crippen LogP contribution is 2.25. The van der Waals surface area contributed by atoms with Crippen molar-refractivity contribution in [2.24, 2.45) is 0 Å². The molecule has 0 saturated heterocycles. The molecule has 2 aromatic rings. The van der Waals surface area contributed by atoms with Crippen LogP contribution in [0.2, 0.25) is 5.02 Å². The van der Waals surface area contributed by atoms with Crippen molar-refractivity contribution in [2.75, 3.05) is 6.54 Å². The minimum absolute atomic E-state index is 0.176. The van der Waals surface area contributed by atoms with Crippen LogP contribution in [0.5, 0.6) is 0 Å². The summed E-state index contributed by atoms with van der Waals surface area (Å²) in [6, 6.07) is 5.27. The number of aromatic nitrogens is 3. The lowest BCUT2D eigenvalue weighted by molar-refractivity contribution is 0.0952.